The van der Waals surface area contributed by atoms with Gasteiger partial charge in [0.05, 0.1) is 12.9 Å². The van der Waals surface area contributed by atoms with Gasteiger partial charge in [-0.1, -0.05) is 53.4 Å². The highest BCUT2D eigenvalue weighted by atomic mass is 31.1. The van der Waals surface area contributed by atoms with Gasteiger partial charge in [0, 0.05) is 19.6 Å². The molecule has 1 unspecified atom stereocenters. The zero-order valence-electron chi connectivity index (χ0n) is 19.4. The molecule has 0 aromatic carbocycles. The average Bonchev–Trinajstić information content (AvgIpc) is 3.17. The summed E-state index contributed by atoms with van der Waals surface area (Å²) in [5, 5.41) is 0. The number of imidazole rings is 1. The third-order valence-corrected chi connectivity index (χ3v) is 5.42. The Balaban J connectivity index is 0.00000110. The number of hydrogen-bond donors (Lipinski definition) is 1. The number of nitrogens with zero attached hydrogens (tertiary/aromatic N) is 4. The fourth-order valence-corrected chi connectivity index (χ4v) is 3.30. The van der Waals surface area contributed by atoms with Gasteiger partial charge in [-0.25, -0.2) is 9.78 Å². The first-order valence-electron chi connectivity index (χ1n) is 11.5. The van der Waals surface area contributed by atoms with Crippen molar-refractivity contribution in [3.8, 4) is 0 Å². The Morgan fingerprint density at radius 2 is 1.52 bits per heavy atom. The smallest absolute Gasteiger partial charge is 0.326 e. The average molecular weight is 459 g/mol. The second-order valence-corrected chi connectivity index (χ2v) is 8.35. The topological polar surface area (TPSA) is 108 Å². The normalized spacial score (nSPS) is 12.0. The monoisotopic (exact) mass is 458 g/mol. The quantitative estimate of drug-likeness (QED) is 0.360. The molecule has 1 atom stereocenters. The lowest BCUT2D eigenvalue weighted by Gasteiger charge is -2.12. The summed E-state index contributed by atoms with van der Waals surface area (Å²) < 4.78 is 19.9. The zero-order valence-corrected chi connectivity index (χ0v) is 20.4. The highest BCUT2D eigenvalue weighted by Crippen LogP contribution is 2.15. The van der Waals surface area contributed by atoms with E-state index in [9.17, 15) is 14.2 Å². The second kappa shape index (κ2) is 15.2. The van der Waals surface area contributed by atoms with Crippen LogP contribution < -0.4 is 11.2 Å². The lowest BCUT2D eigenvalue weighted by molar-refractivity contribution is 0.273. The Morgan fingerprint density at radius 3 is 2.06 bits per heavy atom. The highest BCUT2D eigenvalue weighted by molar-refractivity contribution is 7.32. The molecule has 0 aliphatic rings. The predicted molar refractivity (Wildman–Crippen MR) is 125 cm³/mol. The molecule has 1 N–H and O–H groups in total. The molecule has 0 bridgehead atoms. The van der Waals surface area contributed by atoms with Crippen LogP contribution in [0.5, 0.6) is 0 Å². The van der Waals surface area contributed by atoms with Crippen molar-refractivity contribution in [2.24, 2.45) is 0 Å². The first-order valence-corrected chi connectivity index (χ1v) is 12.7. The van der Waals surface area contributed by atoms with E-state index in [1.807, 2.05) is 6.92 Å². The number of hydrogen-bond acceptors (Lipinski definition) is 5. The van der Waals surface area contributed by atoms with E-state index in [4.69, 9.17) is 4.89 Å². The van der Waals surface area contributed by atoms with Crippen molar-refractivity contribution >= 4 is 19.4 Å². The number of fused-ring (bicyclic) bond motifs is 1. The third-order valence-electron chi connectivity index (χ3n) is 4.97. The standard InChI is InChI=1S/C17H29N4O5P.C4H10/c1-3-5-10-20-15-14(16(22)21(17(20)23)11-6-4-2)19(13-18-15)9-7-8-12-26-27(24)25;1-3-4-2/h13,27H,3-12H2,1-2H3,(H,24,25);3-4H2,1-2H3. The first kappa shape index (κ1) is 27.3. The summed E-state index contributed by atoms with van der Waals surface area (Å²) in [6.07, 6.45) is 8.93. The van der Waals surface area contributed by atoms with Crippen LogP contribution >= 0.6 is 8.25 Å². The first-order chi connectivity index (χ1) is 14.9. The van der Waals surface area contributed by atoms with Crippen molar-refractivity contribution in [2.75, 3.05) is 6.61 Å². The van der Waals surface area contributed by atoms with Gasteiger partial charge in [-0.3, -0.25) is 18.5 Å². The van der Waals surface area contributed by atoms with E-state index in [2.05, 4.69) is 30.3 Å². The van der Waals surface area contributed by atoms with Crippen molar-refractivity contribution in [2.45, 2.75) is 98.7 Å². The maximum atomic E-state index is 12.9. The van der Waals surface area contributed by atoms with Crippen LogP contribution in [-0.2, 0) is 28.7 Å². The fourth-order valence-electron chi connectivity index (χ4n) is 2.98. The van der Waals surface area contributed by atoms with Gasteiger partial charge in [-0.2, -0.15) is 0 Å². The molecule has 0 saturated heterocycles. The van der Waals surface area contributed by atoms with Crippen molar-refractivity contribution in [3.05, 3.63) is 27.2 Å². The van der Waals surface area contributed by atoms with Crippen molar-refractivity contribution in [1.82, 2.24) is 18.7 Å². The van der Waals surface area contributed by atoms with E-state index < -0.39 is 8.25 Å². The van der Waals surface area contributed by atoms with Crippen molar-refractivity contribution in [3.63, 3.8) is 0 Å². The number of aromatic nitrogens is 4. The fraction of sp³-hybridized carbons (Fsp3) is 0.762. The van der Waals surface area contributed by atoms with E-state index in [1.165, 1.54) is 17.4 Å². The van der Waals surface area contributed by atoms with E-state index in [-0.39, 0.29) is 17.9 Å². The summed E-state index contributed by atoms with van der Waals surface area (Å²) in [6.45, 7) is 10.1. The molecule has 0 saturated carbocycles. The van der Waals surface area contributed by atoms with E-state index >= 15 is 0 Å². The molecule has 2 heterocycles. The largest absolute Gasteiger partial charge is 0.332 e. The molecule has 2 aromatic heterocycles. The van der Waals surface area contributed by atoms with Crippen LogP contribution in [-0.4, -0.2) is 30.2 Å². The minimum atomic E-state index is -2.90. The maximum Gasteiger partial charge on any atom is 0.332 e. The van der Waals surface area contributed by atoms with Gasteiger partial charge in [0.15, 0.2) is 11.2 Å². The molecule has 0 amide bonds. The molecule has 0 radical (unpaired) electrons. The predicted octanol–water partition coefficient (Wildman–Crippen LogP) is 3.95. The molecule has 0 aliphatic heterocycles. The summed E-state index contributed by atoms with van der Waals surface area (Å²) in [7, 11) is -2.90. The lowest BCUT2D eigenvalue weighted by Crippen LogP contribution is -2.40. The minimum absolute atomic E-state index is 0.197. The number of aryl methyl sites for hydroxylation is 2. The van der Waals surface area contributed by atoms with Gasteiger partial charge in [0.2, 0.25) is 0 Å². The molecule has 2 aromatic rings. The maximum absolute atomic E-state index is 12.9. The van der Waals surface area contributed by atoms with Crippen LogP contribution in [0.2, 0.25) is 0 Å². The Morgan fingerprint density at radius 1 is 0.903 bits per heavy atom. The van der Waals surface area contributed by atoms with E-state index in [0.29, 0.717) is 43.6 Å². The number of rotatable bonds is 13. The molecule has 10 heteroatoms. The van der Waals surface area contributed by atoms with Crippen LogP contribution in [0.25, 0.3) is 11.2 Å². The molecule has 0 aliphatic carbocycles. The van der Waals surface area contributed by atoms with Crippen LogP contribution in [0, 0.1) is 0 Å². The van der Waals surface area contributed by atoms with Crippen LogP contribution in [0.3, 0.4) is 0 Å². The van der Waals surface area contributed by atoms with Crippen molar-refractivity contribution < 1.29 is 14.0 Å². The number of unbranched alkanes of at least 4 members (excludes halogenated alkanes) is 4. The molecular formula is C21H39N4O5P. The SMILES string of the molecule is CCCC.CCCCn1c(=O)c2c(ncn2CCCCO[PH](=O)O)n(CCCC)c1=O. The van der Waals surface area contributed by atoms with Crippen LogP contribution in [0.15, 0.2) is 15.9 Å². The van der Waals surface area contributed by atoms with Crippen LogP contribution in [0.1, 0.15) is 79.1 Å². The highest BCUT2D eigenvalue weighted by Gasteiger charge is 2.17. The minimum Gasteiger partial charge on any atom is -0.326 e. The zero-order chi connectivity index (χ0) is 23.2. The molecule has 2 rings (SSSR count). The Bertz CT molecular complexity index is 917. The Hall–Kier alpha value is -1.70. The van der Waals surface area contributed by atoms with Gasteiger partial charge >= 0.3 is 13.9 Å². The summed E-state index contributed by atoms with van der Waals surface area (Å²) in [5.41, 5.74) is 0.285. The molecule has 9 nitrogen and oxygen atoms in total. The third kappa shape index (κ3) is 8.39. The summed E-state index contributed by atoms with van der Waals surface area (Å²) in [4.78, 5) is 38.7. The molecular weight excluding hydrogens is 419 g/mol. The summed E-state index contributed by atoms with van der Waals surface area (Å²) in [5.74, 6) is 0. The molecule has 31 heavy (non-hydrogen) atoms. The van der Waals surface area contributed by atoms with Gasteiger partial charge in [-0.15, -0.1) is 0 Å². The van der Waals surface area contributed by atoms with Crippen LogP contribution in [0.4, 0.5) is 0 Å². The lowest BCUT2D eigenvalue weighted by atomic mass is 10.3. The summed E-state index contributed by atoms with van der Waals surface area (Å²) in [6, 6.07) is 0. The molecule has 178 valence electrons. The summed E-state index contributed by atoms with van der Waals surface area (Å²) >= 11 is 0. The van der Waals surface area contributed by atoms with E-state index in [1.54, 1.807) is 15.5 Å². The second-order valence-electron chi connectivity index (χ2n) is 7.53. The van der Waals surface area contributed by atoms with Gasteiger partial charge in [0.25, 0.3) is 5.56 Å². The van der Waals surface area contributed by atoms with E-state index in [0.717, 1.165) is 25.7 Å². The molecule has 0 fully saturated rings. The Labute approximate surface area is 185 Å². The van der Waals surface area contributed by atoms with Crippen molar-refractivity contribution in [1.29, 1.82) is 0 Å². The molecule has 0 spiro atoms. The van der Waals surface area contributed by atoms with Gasteiger partial charge in [0.1, 0.15) is 0 Å². The van der Waals surface area contributed by atoms with Gasteiger partial charge in [-0.05, 0) is 25.7 Å². The Kier molecular flexibility index (Phi) is 13.4. The van der Waals surface area contributed by atoms with Gasteiger partial charge < -0.3 is 14.0 Å².